The number of carbonyl (C=O) groups excluding carboxylic acids is 3. The number of amides is 3. The number of rotatable bonds is 12. The Bertz CT molecular complexity index is 716. The van der Waals surface area contributed by atoms with Crippen molar-refractivity contribution in [3.63, 3.8) is 0 Å². The van der Waals surface area contributed by atoms with E-state index in [0.717, 1.165) is 0 Å². The molecule has 10 N–H and O–H groups in total. The van der Waals surface area contributed by atoms with Crippen LogP contribution in [0.1, 0.15) is 32.6 Å². The van der Waals surface area contributed by atoms with Gasteiger partial charge in [-0.2, -0.15) is 12.6 Å². The van der Waals surface area contributed by atoms with Gasteiger partial charge < -0.3 is 42.9 Å². The van der Waals surface area contributed by atoms with Crippen LogP contribution in [0.25, 0.3) is 0 Å². The number of aliphatic hydroxyl groups excluding tert-OH is 1. The van der Waals surface area contributed by atoms with Gasteiger partial charge in [-0.05, 0) is 32.6 Å². The smallest absolute Gasteiger partial charge is 0.326 e. The van der Waals surface area contributed by atoms with Gasteiger partial charge in [0.1, 0.15) is 24.2 Å². The molecule has 5 unspecified atom stereocenters. The average Bonchev–Trinajstić information content (AvgIpc) is 3.22. The number of aliphatic imine (C=N–C) groups is 1. The zero-order chi connectivity index (χ0) is 24.4. The van der Waals surface area contributed by atoms with Gasteiger partial charge in [-0.15, -0.1) is 0 Å². The number of nitrogens with two attached hydrogens (primary N) is 3. The Balaban J connectivity index is 2.93. The van der Waals surface area contributed by atoms with Crippen LogP contribution in [-0.2, 0) is 19.2 Å². The second kappa shape index (κ2) is 13.1. The van der Waals surface area contributed by atoms with Crippen LogP contribution in [0.15, 0.2) is 4.99 Å². The van der Waals surface area contributed by atoms with Crippen molar-refractivity contribution in [1.82, 2.24) is 15.5 Å². The summed E-state index contributed by atoms with van der Waals surface area (Å²) in [7, 11) is 0. The molecule has 0 aromatic carbocycles. The van der Waals surface area contributed by atoms with E-state index in [9.17, 15) is 29.4 Å². The predicted octanol–water partition coefficient (Wildman–Crippen LogP) is -3.28. The quantitative estimate of drug-likeness (QED) is 0.0612. The Morgan fingerprint density at radius 1 is 1.19 bits per heavy atom. The second-order valence-electron chi connectivity index (χ2n) is 7.55. The van der Waals surface area contributed by atoms with Crippen molar-refractivity contribution in [2.24, 2.45) is 22.2 Å². The van der Waals surface area contributed by atoms with Crippen LogP contribution in [0.3, 0.4) is 0 Å². The van der Waals surface area contributed by atoms with Crippen LogP contribution in [0.2, 0.25) is 0 Å². The fourth-order valence-corrected chi connectivity index (χ4v) is 3.46. The maximum atomic E-state index is 13.1. The van der Waals surface area contributed by atoms with E-state index in [1.807, 2.05) is 0 Å². The van der Waals surface area contributed by atoms with Crippen LogP contribution >= 0.6 is 12.6 Å². The molecule has 0 radical (unpaired) electrons. The summed E-state index contributed by atoms with van der Waals surface area (Å²) in [5.74, 6) is -3.32. The number of thiol groups is 1. The third-order valence-corrected chi connectivity index (χ3v) is 5.38. The SMILES string of the molecule is CC(O)C(N)C(=O)NC(CS)C(=O)NC(CCCN=C(N)N)C(=O)N1CCCC1C(=O)O. The van der Waals surface area contributed by atoms with E-state index in [2.05, 4.69) is 28.3 Å². The highest BCUT2D eigenvalue weighted by molar-refractivity contribution is 7.80. The first-order valence-electron chi connectivity index (χ1n) is 10.2. The minimum absolute atomic E-state index is 0.0967. The Hall–Kier alpha value is -2.58. The molecule has 1 aliphatic heterocycles. The van der Waals surface area contributed by atoms with Gasteiger partial charge in [0.2, 0.25) is 17.7 Å². The molecule has 0 aliphatic carbocycles. The number of nitrogens with one attached hydrogen (secondary N) is 2. The Labute approximate surface area is 191 Å². The number of hydrogen-bond donors (Lipinski definition) is 8. The average molecular weight is 476 g/mol. The van der Waals surface area contributed by atoms with E-state index in [1.165, 1.54) is 11.8 Å². The normalized spacial score (nSPS) is 19.4. The molecule has 0 bridgehead atoms. The largest absolute Gasteiger partial charge is 0.480 e. The molecule has 0 saturated carbocycles. The summed E-state index contributed by atoms with van der Waals surface area (Å²) in [4.78, 5) is 54.4. The minimum Gasteiger partial charge on any atom is -0.480 e. The van der Waals surface area contributed by atoms with Crippen molar-refractivity contribution >= 4 is 42.3 Å². The number of carbonyl (C=O) groups is 4. The number of likely N-dealkylation sites (tertiary alicyclic amines) is 1. The van der Waals surface area contributed by atoms with E-state index in [-0.39, 0.29) is 31.2 Å². The molecule has 5 atom stereocenters. The first-order chi connectivity index (χ1) is 15.0. The molecule has 14 heteroatoms. The standard InChI is InChI=1S/C18H33N7O6S/c1-9(26)13(19)15(28)24-11(8-32)14(27)23-10(4-2-6-22-18(20)21)16(29)25-7-3-5-12(25)17(30)31/h9-13,26,32H,2-8,19H2,1H3,(H,23,27)(H,24,28)(H,30,31)(H4,20,21,22). The first-order valence-corrected chi connectivity index (χ1v) is 10.9. The molecule has 32 heavy (non-hydrogen) atoms. The number of nitrogens with zero attached hydrogens (tertiary/aromatic N) is 2. The molecular weight excluding hydrogens is 442 g/mol. The van der Waals surface area contributed by atoms with Crippen molar-refractivity contribution < 1.29 is 29.4 Å². The third-order valence-electron chi connectivity index (χ3n) is 5.02. The minimum atomic E-state index is -1.25. The Morgan fingerprint density at radius 2 is 1.81 bits per heavy atom. The number of hydrogen-bond acceptors (Lipinski definition) is 8. The zero-order valence-corrected chi connectivity index (χ0v) is 18.8. The highest BCUT2D eigenvalue weighted by Gasteiger charge is 2.38. The van der Waals surface area contributed by atoms with Gasteiger partial charge >= 0.3 is 5.97 Å². The molecule has 0 aromatic heterocycles. The first kappa shape index (κ1) is 27.5. The van der Waals surface area contributed by atoms with Crippen molar-refractivity contribution in [3.8, 4) is 0 Å². The van der Waals surface area contributed by atoms with Gasteiger partial charge in [0.15, 0.2) is 5.96 Å². The lowest BCUT2D eigenvalue weighted by Gasteiger charge is -2.28. The summed E-state index contributed by atoms with van der Waals surface area (Å²) < 4.78 is 0. The Kier molecular flexibility index (Phi) is 11.2. The van der Waals surface area contributed by atoms with E-state index >= 15 is 0 Å². The van der Waals surface area contributed by atoms with E-state index in [1.54, 1.807) is 0 Å². The molecule has 1 saturated heterocycles. The maximum absolute atomic E-state index is 13.1. The fraction of sp³-hybridized carbons (Fsp3) is 0.722. The summed E-state index contributed by atoms with van der Waals surface area (Å²) >= 11 is 4.06. The van der Waals surface area contributed by atoms with Crippen LogP contribution in [-0.4, -0.2) is 93.9 Å². The van der Waals surface area contributed by atoms with Gasteiger partial charge in [-0.1, -0.05) is 0 Å². The molecule has 13 nitrogen and oxygen atoms in total. The molecule has 1 rings (SSSR count). The number of carboxylic acids is 1. The Morgan fingerprint density at radius 3 is 2.34 bits per heavy atom. The van der Waals surface area contributed by atoms with Gasteiger partial charge in [-0.3, -0.25) is 19.4 Å². The number of aliphatic carboxylic acids is 1. The van der Waals surface area contributed by atoms with Crippen LogP contribution < -0.4 is 27.8 Å². The molecule has 1 aliphatic rings. The topological polar surface area (TPSA) is 226 Å². The molecule has 0 aromatic rings. The molecule has 3 amide bonds. The lowest BCUT2D eigenvalue weighted by molar-refractivity contribution is -0.149. The highest BCUT2D eigenvalue weighted by atomic mass is 32.1. The van der Waals surface area contributed by atoms with Crippen molar-refractivity contribution in [2.45, 2.75) is 62.9 Å². The lowest BCUT2D eigenvalue weighted by atomic mass is 10.1. The fourth-order valence-electron chi connectivity index (χ4n) is 3.20. The zero-order valence-electron chi connectivity index (χ0n) is 17.9. The molecule has 1 fully saturated rings. The summed E-state index contributed by atoms with van der Waals surface area (Å²) in [6, 6.07) is -4.40. The molecular formula is C18H33N7O6S. The van der Waals surface area contributed by atoms with Gasteiger partial charge in [0.05, 0.1) is 6.10 Å². The van der Waals surface area contributed by atoms with Crippen LogP contribution in [0.5, 0.6) is 0 Å². The summed E-state index contributed by atoms with van der Waals surface area (Å²) in [6.45, 7) is 1.80. The van der Waals surface area contributed by atoms with Crippen molar-refractivity contribution in [1.29, 1.82) is 0 Å². The third kappa shape index (κ3) is 8.16. The summed E-state index contributed by atoms with van der Waals surface area (Å²) in [6.07, 6.45) is 0.202. The molecule has 0 spiro atoms. The van der Waals surface area contributed by atoms with Gasteiger partial charge in [0.25, 0.3) is 0 Å². The number of guanidine groups is 1. The van der Waals surface area contributed by atoms with Gasteiger partial charge in [0, 0.05) is 18.8 Å². The maximum Gasteiger partial charge on any atom is 0.326 e. The van der Waals surface area contributed by atoms with E-state index in [4.69, 9.17) is 17.2 Å². The predicted molar refractivity (Wildman–Crippen MR) is 120 cm³/mol. The van der Waals surface area contributed by atoms with E-state index < -0.39 is 54.0 Å². The lowest BCUT2D eigenvalue weighted by Crippen LogP contribution is -2.58. The number of carboxylic acid groups (broad SMARTS) is 1. The van der Waals surface area contributed by atoms with E-state index in [0.29, 0.717) is 19.3 Å². The second-order valence-corrected chi connectivity index (χ2v) is 7.91. The molecule has 182 valence electrons. The van der Waals surface area contributed by atoms with Crippen molar-refractivity contribution in [2.75, 3.05) is 18.8 Å². The van der Waals surface area contributed by atoms with Crippen LogP contribution in [0.4, 0.5) is 0 Å². The highest BCUT2D eigenvalue weighted by Crippen LogP contribution is 2.19. The van der Waals surface area contributed by atoms with Crippen molar-refractivity contribution in [3.05, 3.63) is 0 Å². The monoisotopic (exact) mass is 475 g/mol. The van der Waals surface area contributed by atoms with Crippen LogP contribution in [0, 0.1) is 0 Å². The summed E-state index contributed by atoms with van der Waals surface area (Å²) in [5, 5.41) is 23.8. The summed E-state index contributed by atoms with van der Waals surface area (Å²) in [5.41, 5.74) is 16.2. The molecule has 1 heterocycles. The number of aliphatic hydroxyl groups is 1. The van der Waals surface area contributed by atoms with Gasteiger partial charge in [-0.25, -0.2) is 4.79 Å².